The van der Waals surface area contributed by atoms with Gasteiger partial charge in [0.2, 0.25) is 0 Å². The molecule has 112 valence electrons. The quantitative estimate of drug-likeness (QED) is 0.768. The van der Waals surface area contributed by atoms with Gasteiger partial charge in [-0.3, -0.25) is 0 Å². The standard InChI is InChI=1S/C11H23N3O4S/c1-4-18-11(15)13-19(16,17)14-8-6-5-7-10(14)9(2)12-3/h9-10,12H,4-8H2,1-3H3,(H,13,15). The van der Waals surface area contributed by atoms with Gasteiger partial charge in [-0.2, -0.15) is 12.7 Å². The summed E-state index contributed by atoms with van der Waals surface area (Å²) in [5.41, 5.74) is 0. The van der Waals surface area contributed by atoms with E-state index in [0.717, 1.165) is 19.3 Å². The predicted molar refractivity (Wildman–Crippen MR) is 71.9 cm³/mol. The molecule has 1 saturated heterocycles. The van der Waals surface area contributed by atoms with Crippen molar-refractivity contribution < 1.29 is 17.9 Å². The highest BCUT2D eigenvalue weighted by Crippen LogP contribution is 2.22. The van der Waals surface area contributed by atoms with Crippen molar-refractivity contribution in [1.82, 2.24) is 14.3 Å². The van der Waals surface area contributed by atoms with E-state index in [9.17, 15) is 13.2 Å². The summed E-state index contributed by atoms with van der Waals surface area (Å²) in [7, 11) is -2.05. The van der Waals surface area contributed by atoms with Gasteiger partial charge >= 0.3 is 16.3 Å². The Labute approximate surface area is 114 Å². The lowest BCUT2D eigenvalue weighted by molar-refractivity contribution is 0.156. The predicted octanol–water partition coefficient (Wildman–Crippen LogP) is 0.440. The van der Waals surface area contributed by atoms with Crippen LogP contribution in [0.2, 0.25) is 0 Å². The number of carbonyl (C=O) groups is 1. The maximum absolute atomic E-state index is 12.2. The lowest BCUT2D eigenvalue weighted by Gasteiger charge is -2.37. The van der Waals surface area contributed by atoms with Crippen LogP contribution >= 0.6 is 0 Å². The van der Waals surface area contributed by atoms with Crippen LogP contribution in [-0.4, -0.2) is 51.1 Å². The monoisotopic (exact) mass is 293 g/mol. The van der Waals surface area contributed by atoms with E-state index in [2.05, 4.69) is 10.1 Å². The Hall–Kier alpha value is -0.860. The second kappa shape index (κ2) is 7.06. The van der Waals surface area contributed by atoms with Gasteiger partial charge in [-0.25, -0.2) is 9.52 Å². The van der Waals surface area contributed by atoms with Gasteiger partial charge in [-0.05, 0) is 33.7 Å². The van der Waals surface area contributed by atoms with Gasteiger partial charge in [0.05, 0.1) is 6.61 Å². The zero-order valence-corrected chi connectivity index (χ0v) is 12.5. The third-order valence-corrected chi connectivity index (χ3v) is 4.82. The maximum Gasteiger partial charge on any atom is 0.421 e. The number of nitrogens with zero attached hydrogens (tertiary/aromatic N) is 1. The summed E-state index contributed by atoms with van der Waals surface area (Å²) in [5.74, 6) is 0. The van der Waals surface area contributed by atoms with Crippen LogP contribution in [0.1, 0.15) is 33.1 Å². The van der Waals surface area contributed by atoms with Crippen molar-refractivity contribution in [3.05, 3.63) is 0 Å². The van der Waals surface area contributed by atoms with E-state index in [1.807, 2.05) is 11.6 Å². The van der Waals surface area contributed by atoms with E-state index in [1.54, 1.807) is 14.0 Å². The molecule has 0 spiro atoms. The molecule has 1 aliphatic heterocycles. The lowest BCUT2D eigenvalue weighted by Crippen LogP contribution is -2.56. The zero-order valence-electron chi connectivity index (χ0n) is 11.7. The number of hydrogen-bond donors (Lipinski definition) is 2. The Kier molecular flexibility index (Phi) is 6.02. The van der Waals surface area contributed by atoms with Gasteiger partial charge in [0.15, 0.2) is 0 Å². The molecule has 2 atom stereocenters. The molecular formula is C11H23N3O4S. The lowest BCUT2D eigenvalue weighted by atomic mass is 9.99. The Morgan fingerprint density at radius 2 is 2.16 bits per heavy atom. The van der Waals surface area contributed by atoms with E-state index < -0.39 is 16.3 Å². The van der Waals surface area contributed by atoms with Crippen LogP contribution in [0.5, 0.6) is 0 Å². The van der Waals surface area contributed by atoms with E-state index in [4.69, 9.17) is 0 Å². The smallest absolute Gasteiger partial charge is 0.421 e. The SMILES string of the molecule is CCOC(=O)NS(=O)(=O)N1CCCCC1C(C)NC. The first-order chi connectivity index (χ1) is 8.92. The Bertz CT molecular complexity index is 399. The molecule has 8 heteroatoms. The molecule has 1 aliphatic rings. The minimum atomic E-state index is -3.84. The van der Waals surface area contributed by atoms with Gasteiger partial charge in [0, 0.05) is 18.6 Å². The molecule has 0 aliphatic carbocycles. The van der Waals surface area contributed by atoms with Crippen molar-refractivity contribution in [3.63, 3.8) is 0 Å². The van der Waals surface area contributed by atoms with Crippen LogP contribution in [0.15, 0.2) is 0 Å². The molecule has 0 radical (unpaired) electrons. The number of likely N-dealkylation sites (N-methyl/N-ethyl adjacent to an activating group) is 1. The van der Waals surface area contributed by atoms with Crippen molar-refractivity contribution >= 4 is 16.3 Å². The van der Waals surface area contributed by atoms with E-state index in [1.165, 1.54) is 4.31 Å². The van der Waals surface area contributed by atoms with E-state index in [0.29, 0.717) is 6.54 Å². The van der Waals surface area contributed by atoms with Crippen LogP contribution < -0.4 is 10.0 Å². The first kappa shape index (κ1) is 16.2. The Balaban J connectivity index is 2.81. The van der Waals surface area contributed by atoms with Crippen molar-refractivity contribution in [3.8, 4) is 0 Å². The zero-order chi connectivity index (χ0) is 14.5. The summed E-state index contributed by atoms with van der Waals surface area (Å²) in [6, 6.07) is -0.121. The molecule has 2 N–H and O–H groups in total. The molecule has 2 unspecified atom stereocenters. The molecule has 0 aromatic carbocycles. The highest BCUT2D eigenvalue weighted by Gasteiger charge is 2.36. The number of nitrogens with one attached hydrogen (secondary N) is 2. The first-order valence-electron chi connectivity index (χ1n) is 6.56. The molecule has 7 nitrogen and oxygen atoms in total. The third-order valence-electron chi connectivity index (χ3n) is 3.33. The number of hydrogen-bond acceptors (Lipinski definition) is 5. The van der Waals surface area contributed by atoms with Crippen LogP contribution in [0.3, 0.4) is 0 Å². The average Bonchev–Trinajstić information content (AvgIpc) is 2.37. The molecule has 1 rings (SSSR count). The topological polar surface area (TPSA) is 87.7 Å². The number of ether oxygens (including phenoxy) is 1. The summed E-state index contributed by atoms with van der Waals surface area (Å²) >= 11 is 0. The van der Waals surface area contributed by atoms with Crippen LogP contribution in [-0.2, 0) is 14.9 Å². The second-order valence-electron chi connectivity index (χ2n) is 4.58. The highest BCUT2D eigenvalue weighted by atomic mass is 32.2. The minimum Gasteiger partial charge on any atom is -0.449 e. The molecular weight excluding hydrogens is 270 g/mol. The van der Waals surface area contributed by atoms with Gasteiger partial charge in [0.25, 0.3) is 0 Å². The molecule has 0 aromatic heterocycles. The van der Waals surface area contributed by atoms with Crippen LogP contribution in [0.25, 0.3) is 0 Å². The Morgan fingerprint density at radius 1 is 1.47 bits per heavy atom. The molecule has 0 saturated carbocycles. The van der Waals surface area contributed by atoms with E-state index >= 15 is 0 Å². The summed E-state index contributed by atoms with van der Waals surface area (Å²) < 4.78 is 32.3. The average molecular weight is 293 g/mol. The number of piperidine rings is 1. The molecule has 19 heavy (non-hydrogen) atoms. The van der Waals surface area contributed by atoms with Crippen LogP contribution in [0, 0.1) is 0 Å². The molecule has 1 heterocycles. The van der Waals surface area contributed by atoms with Crippen molar-refractivity contribution in [2.24, 2.45) is 0 Å². The summed E-state index contributed by atoms with van der Waals surface area (Å²) in [4.78, 5) is 11.3. The van der Waals surface area contributed by atoms with Crippen molar-refractivity contribution in [2.75, 3.05) is 20.2 Å². The van der Waals surface area contributed by atoms with Gasteiger partial charge < -0.3 is 10.1 Å². The number of rotatable bonds is 5. The molecule has 1 amide bonds. The maximum atomic E-state index is 12.2. The van der Waals surface area contributed by atoms with Gasteiger partial charge in [-0.1, -0.05) is 6.42 Å². The molecule has 0 bridgehead atoms. The first-order valence-corrected chi connectivity index (χ1v) is 8.00. The number of carbonyl (C=O) groups excluding carboxylic acids is 1. The summed E-state index contributed by atoms with van der Waals surface area (Å²) in [5, 5.41) is 3.07. The van der Waals surface area contributed by atoms with Crippen LogP contribution in [0.4, 0.5) is 4.79 Å². The Morgan fingerprint density at radius 3 is 2.74 bits per heavy atom. The fourth-order valence-electron chi connectivity index (χ4n) is 2.25. The second-order valence-corrected chi connectivity index (χ2v) is 6.20. The van der Waals surface area contributed by atoms with Crippen molar-refractivity contribution in [1.29, 1.82) is 0 Å². The molecule has 1 fully saturated rings. The fraction of sp³-hybridized carbons (Fsp3) is 0.909. The summed E-state index contributed by atoms with van der Waals surface area (Å²) in [6.07, 6.45) is 1.65. The minimum absolute atomic E-state index is 0.0269. The highest BCUT2D eigenvalue weighted by molar-refractivity contribution is 7.87. The van der Waals surface area contributed by atoms with Gasteiger partial charge in [0.1, 0.15) is 0 Å². The third kappa shape index (κ3) is 4.32. The molecule has 0 aromatic rings. The number of amides is 1. The van der Waals surface area contributed by atoms with E-state index in [-0.39, 0.29) is 18.7 Å². The van der Waals surface area contributed by atoms with Crippen molar-refractivity contribution in [2.45, 2.75) is 45.2 Å². The fourth-order valence-corrected chi connectivity index (χ4v) is 3.65. The van der Waals surface area contributed by atoms with Gasteiger partial charge in [-0.15, -0.1) is 0 Å². The summed E-state index contributed by atoms with van der Waals surface area (Å²) in [6.45, 7) is 4.12. The normalized spacial score (nSPS) is 22.8. The largest absolute Gasteiger partial charge is 0.449 e.